The molecule has 28 heavy (non-hydrogen) atoms. The van der Waals surface area contributed by atoms with Gasteiger partial charge in [-0.3, -0.25) is 19.9 Å². The molecular formula is C17H18N4O6S. The van der Waals surface area contributed by atoms with Crippen LogP contribution in [0.2, 0.25) is 0 Å². The van der Waals surface area contributed by atoms with Crippen molar-refractivity contribution in [1.82, 2.24) is 9.29 Å². The maximum atomic E-state index is 12.9. The normalized spacial score (nSPS) is 15.2. The number of morpholine rings is 1. The molecule has 10 nitrogen and oxygen atoms in total. The summed E-state index contributed by atoms with van der Waals surface area (Å²) in [5.41, 5.74) is 0.189. The van der Waals surface area contributed by atoms with Crippen LogP contribution >= 0.6 is 0 Å². The Morgan fingerprint density at radius 3 is 2.68 bits per heavy atom. The van der Waals surface area contributed by atoms with Gasteiger partial charge in [-0.15, -0.1) is 0 Å². The van der Waals surface area contributed by atoms with Crippen molar-refractivity contribution in [3.05, 3.63) is 57.9 Å². The number of nitro groups is 1. The van der Waals surface area contributed by atoms with Crippen molar-refractivity contribution in [2.24, 2.45) is 0 Å². The van der Waals surface area contributed by atoms with Crippen molar-refractivity contribution >= 4 is 27.3 Å². The van der Waals surface area contributed by atoms with Crippen molar-refractivity contribution in [1.29, 1.82) is 0 Å². The number of benzene rings is 1. The molecule has 1 fully saturated rings. The zero-order valence-electron chi connectivity index (χ0n) is 15.0. The van der Waals surface area contributed by atoms with E-state index in [0.29, 0.717) is 18.8 Å². The molecule has 11 heteroatoms. The van der Waals surface area contributed by atoms with E-state index in [2.05, 4.69) is 10.3 Å². The Morgan fingerprint density at radius 1 is 1.29 bits per heavy atom. The van der Waals surface area contributed by atoms with Gasteiger partial charge in [0.25, 0.3) is 5.91 Å². The minimum atomic E-state index is -3.79. The molecule has 0 unspecified atom stereocenters. The molecule has 148 valence electrons. The molecule has 1 aliphatic heterocycles. The van der Waals surface area contributed by atoms with E-state index >= 15 is 0 Å². The van der Waals surface area contributed by atoms with Gasteiger partial charge in [0.05, 0.1) is 23.0 Å². The van der Waals surface area contributed by atoms with E-state index in [-0.39, 0.29) is 34.9 Å². The summed E-state index contributed by atoms with van der Waals surface area (Å²) in [7, 11) is -3.79. The molecule has 0 bridgehead atoms. The number of nitrogens with one attached hydrogen (secondary N) is 1. The van der Waals surface area contributed by atoms with Crippen LogP contribution in [0.3, 0.4) is 0 Å². The number of hydrogen-bond donors (Lipinski definition) is 1. The first-order valence-electron chi connectivity index (χ1n) is 8.39. The Kier molecular flexibility index (Phi) is 5.68. The molecule has 0 saturated carbocycles. The summed E-state index contributed by atoms with van der Waals surface area (Å²) < 4.78 is 32.4. The van der Waals surface area contributed by atoms with E-state index in [4.69, 9.17) is 4.74 Å². The predicted molar refractivity (Wildman–Crippen MR) is 99.6 cm³/mol. The van der Waals surface area contributed by atoms with Gasteiger partial charge in [0, 0.05) is 24.8 Å². The third-order valence-electron chi connectivity index (χ3n) is 4.28. The highest BCUT2D eigenvalue weighted by Crippen LogP contribution is 2.25. The lowest BCUT2D eigenvalue weighted by Crippen LogP contribution is -2.40. The lowest BCUT2D eigenvalue weighted by Gasteiger charge is -2.26. The van der Waals surface area contributed by atoms with Gasteiger partial charge in [0.1, 0.15) is 11.9 Å². The molecule has 1 N–H and O–H groups in total. The molecule has 1 aromatic heterocycles. The van der Waals surface area contributed by atoms with Gasteiger partial charge in [-0.05, 0) is 30.7 Å². The maximum absolute atomic E-state index is 12.9. The van der Waals surface area contributed by atoms with Gasteiger partial charge < -0.3 is 10.1 Å². The van der Waals surface area contributed by atoms with E-state index in [9.17, 15) is 23.3 Å². The van der Waals surface area contributed by atoms with E-state index in [0.717, 1.165) is 6.20 Å². The number of ether oxygens (including phenoxy) is 1. The van der Waals surface area contributed by atoms with Crippen LogP contribution in [0.1, 0.15) is 15.9 Å². The maximum Gasteiger partial charge on any atom is 0.310 e. The van der Waals surface area contributed by atoms with E-state index < -0.39 is 20.9 Å². The van der Waals surface area contributed by atoms with E-state index in [1.165, 1.54) is 34.8 Å². The number of anilines is 1. The van der Waals surface area contributed by atoms with Crippen molar-refractivity contribution in [3.8, 4) is 0 Å². The molecule has 0 radical (unpaired) electrons. The summed E-state index contributed by atoms with van der Waals surface area (Å²) in [4.78, 5) is 26.7. The van der Waals surface area contributed by atoms with Crippen LogP contribution in [0.25, 0.3) is 0 Å². The molecule has 0 atom stereocenters. The Hall–Kier alpha value is -2.89. The molecule has 1 amide bonds. The van der Waals surface area contributed by atoms with Gasteiger partial charge in [-0.2, -0.15) is 4.31 Å². The van der Waals surface area contributed by atoms with Gasteiger partial charge in [-0.1, -0.05) is 6.07 Å². The summed E-state index contributed by atoms with van der Waals surface area (Å²) in [6.45, 7) is 2.74. The fraction of sp³-hybridized carbons (Fsp3) is 0.294. The first-order chi connectivity index (χ1) is 13.3. The number of nitrogens with zero attached hydrogens (tertiary/aromatic N) is 3. The molecule has 0 spiro atoms. The van der Waals surface area contributed by atoms with Gasteiger partial charge >= 0.3 is 5.69 Å². The smallest absolute Gasteiger partial charge is 0.310 e. The Bertz CT molecular complexity index is 1020. The number of aromatic nitrogens is 1. The van der Waals surface area contributed by atoms with Crippen LogP contribution in [-0.2, 0) is 14.8 Å². The first-order valence-corrected chi connectivity index (χ1v) is 9.83. The second-order valence-electron chi connectivity index (χ2n) is 6.10. The zero-order chi connectivity index (χ0) is 20.3. The van der Waals surface area contributed by atoms with Gasteiger partial charge in [0.2, 0.25) is 10.0 Å². The van der Waals surface area contributed by atoms with Crippen molar-refractivity contribution in [2.75, 3.05) is 31.6 Å². The summed E-state index contributed by atoms with van der Waals surface area (Å²) in [5, 5.41) is 13.5. The molecule has 1 aromatic carbocycles. The summed E-state index contributed by atoms with van der Waals surface area (Å²) >= 11 is 0. The molecule has 0 aliphatic carbocycles. The van der Waals surface area contributed by atoms with Crippen molar-refractivity contribution in [3.63, 3.8) is 0 Å². The van der Waals surface area contributed by atoms with Crippen LogP contribution in [0, 0.1) is 17.0 Å². The second kappa shape index (κ2) is 8.00. The van der Waals surface area contributed by atoms with Crippen LogP contribution in [0.15, 0.2) is 41.6 Å². The third-order valence-corrected chi connectivity index (χ3v) is 6.32. The standard InChI is InChI=1S/C17H18N4O6S/c1-12-2-3-13(10-16(12)28(25,26)20-6-8-27-9-7-20)17(22)19-14-4-5-18-11-15(14)21(23)24/h2-5,10-11H,6-9H2,1H3,(H,18,19,22). The number of sulfonamides is 1. The number of hydrogen-bond acceptors (Lipinski definition) is 7. The fourth-order valence-corrected chi connectivity index (χ4v) is 4.44. The predicted octanol–water partition coefficient (Wildman–Crippen LogP) is 1.57. The van der Waals surface area contributed by atoms with Crippen LogP contribution in [0.4, 0.5) is 11.4 Å². The second-order valence-corrected chi connectivity index (χ2v) is 8.01. The van der Waals surface area contributed by atoms with Crippen molar-refractivity contribution in [2.45, 2.75) is 11.8 Å². The highest BCUT2D eigenvalue weighted by atomic mass is 32.2. The molecule has 2 aromatic rings. The van der Waals surface area contributed by atoms with Crippen LogP contribution < -0.4 is 5.32 Å². The van der Waals surface area contributed by atoms with E-state index in [1.807, 2.05) is 0 Å². The number of carbonyl (C=O) groups excluding carboxylic acids is 1. The van der Waals surface area contributed by atoms with Gasteiger partial charge in [0.15, 0.2) is 0 Å². The van der Waals surface area contributed by atoms with Crippen molar-refractivity contribution < 1.29 is 22.9 Å². The number of aryl methyl sites for hydroxylation is 1. The largest absolute Gasteiger partial charge is 0.379 e. The minimum absolute atomic E-state index is 0.0197. The summed E-state index contributed by atoms with van der Waals surface area (Å²) in [5.74, 6) is -0.660. The fourth-order valence-electron chi connectivity index (χ4n) is 2.78. The van der Waals surface area contributed by atoms with E-state index in [1.54, 1.807) is 6.92 Å². The highest BCUT2D eigenvalue weighted by molar-refractivity contribution is 7.89. The number of rotatable bonds is 5. The quantitative estimate of drug-likeness (QED) is 0.589. The zero-order valence-corrected chi connectivity index (χ0v) is 15.8. The molecule has 1 aliphatic rings. The van der Waals surface area contributed by atoms with Gasteiger partial charge in [-0.25, -0.2) is 8.42 Å². The monoisotopic (exact) mass is 406 g/mol. The Balaban J connectivity index is 1.91. The molecular weight excluding hydrogens is 388 g/mol. The molecule has 1 saturated heterocycles. The van der Waals surface area contributed by atoms with Crippen LogP contribution in [0.5, 0.6) is 0 Å². The van der Waals surface area contributed by atoms with Crippen LogP contribution in [-0.4, -0.2) is 54.8 Å². The lowest BCUT2D eigenvalue weighted by molar-refractivity contribution is -0.384. The Morgan fingerprint density at radius 2 is 2.00 bits per heavy atom. The summed E-state index contributed by atoms with van der Waals surface area (Å²) in [6, 6.07) is 5.58. The first kappa shape index (κ1) is 19.9. The number of amides is 1. The summed E-state index contributed by atoms with van der Waals surface area (Å²) in [6.07, 6.45) is 2.34. The molecule has 2 heterocycles. The lowest BCUT2D eigenvalue weighted by atomic mass is 10.1. The number of carbonyl (C=O) groups is 1. The SMILES string of the molecule is Cc1ccc(C(=O)Nc2ccncc2[N+](=O)[O-])cc1S(=O)(=O)N1CCOCC1. The topological polar surface area (TPSA) is 132 Å². The minimum Gasteiger partial charge on any atom is -0.379 e. The Labute approximate surface area is 161 Å². The third kappa shape index (κ3) is 4.01. The average molecular weight is 406 g/mol. The average Bonchev–Trinajstić information content (AvgIpc) is 2.69. The number of pyridine rings is 1. The molecule has 3 rings (SSSR count). The highest BCUT2D eigenvalue weighted by Gasteiger charge is 2.28.